The predicted octanol–water partition coefficient (Wildman–Crippen LogP) is 2.27. The third kappa shape index (κ3) is 4.22. The van der Waals surface area contributed by atoms with Crippen molar-refractivity contribution in [3.63, 3.8) is 0 Å². The van der Waals surface area contributed by atoms with Gasteiger partial charge in [-0.25, -0.2) is 0 Å². The summed E-state index contributed by atoms with van der Waals surface area (Å²) in [6.45, 7) is 7.11. The Morgan fingerprint density at radius 2 is 2.00 bits per heavy atom. The van der Waals surface area contributed by atoms with E-state index in [1.54, 1.807) is 0 Å². The number of hydrogen-bond donors (Lipinski definition) is 1. The van der Waals surface area contributed by atoms with E-state index < -0.39 is 0 Å². The lowest BCUT2D eigenvalue weighted by atomic mass is 9.96. The van der Waals surface area contributed by atoms with E-state index in [9.17, 15) is 0 Å². The maximum Gasteiger partial charge on any atom is 0.0724 e. The Labute approximate surface area is 112 Å². The molecule has 2 unspecified atom stereocenters. The fourth-order valence-corrected chi connectivity index (χ4v) is 3.35. The number of ether oxygens (including phenoxy) is 1. The summed E-state index contributed by atoms with van der Waals surface area (Å²) in [6.07, 6.45) is 8.66. The Kier molecular flexibility index (Phi) is 5.93. The molecule has 1 saturated heterocycles. The molecular formula is C15H30N2O. The molecule has 1 N–H and O–H groups in total. The summed E-state index contributed by atoms with van der Waals surface area (Å²) in [6, 6.07) is 0.818. The Morgan fingerprint density at radius 3 is 2.72 bits per heavy atom. The van der Waals surface area contributed by atoms with Gasteiger partial charge in [-0.05, 0) is 51.2 Å². The van der Waals surface area contributed by atoms with Gasteiger partial charge in [0.25, 0.3) is 0 Å². The highest BCUT2D eigenvalue weighted by atomic mass is 16.5. The van der Waals surface area contributed by atoms with Gasteiger partial charge in [0.2, 0.25) is 0 Å². The fourth-order valence-electron chi connectivity index (χ4n) is 3.35. The highest BCUT2D eigenvalue weighted by Crippen LogP contribution is 2.20. The Bertz CT molecular complexity index is 229. The first kappa shape index (κ1) is 14.3. The minimum absolute atomic E-state index is 0.446. The van der Waals surface area contributed by atoms with Gasteiger partial charge in [0, 0.05) is 19.7 Å². The highest BCUT2D eigenvalue weighted by molar-refractivity contribution is 4.79. The molecule has 0 bridgehead atoms. The molecule has 18 heavy (non-hydrogen) atoms. The molecule has 2 aliphatic rings. The van der Waals surface area contributed by atoms with Crippen LogP contribution in [0.15, 0.2) is 0 Å². The second-order valence-electron chi connectivity index (χ2n) is 6.13. The first-order valence-corrected chi connectivity index (χ1v) is 7.78. The van der Waals surface area contributed by atoms with Crippen molar-refractivity contribution in [1.82, 2.24) is 10.2 Å². The summed E-state index contributed by atoms with van der Waals surface area (Å²) in [5, 5.41) is 3.70. The van der Waals surface area contributed by atoms with Crippen LogP contribution in [0.1, 0.15) is 45.4 Å². The molecule has 3 heteroatoms. The van der Waals surface area contributed by atoms with E-state index >= 15 is 0 Å². The molecule has 0 radical (unpaired) electrons. The molecular weight excluding hydrogens is 224 g/mol. The number of nitrogens with zero attached hydrogens (tertiary/aromatic N) is 1. The van der Waals surface area contributed by atoms with Gasteiger partial charge in [-0.15, -0.1) is 0 Å². The largest absolute Gasteiger partial charge is 0.380 e. The van der Waals surface area contributed by atoms with Crippen LogP contribution < -0.4 is 5.32 Å². The van der Waals surface area contributed by atoms with E-state index in [2.05, 4.69) is 17.1 Å². The summed E-state index contributed by atoms with van der Waals surface area (Å²) in [4.78, 5) is 2.57. The molecule has 1 aliphatic heterocycles. The maximum atomic E-state index is 5.56. The average Bonchev–Trinajstić information content (AvgIpc) is 2.89. The van der Waals surface area contributed by atoms with Crippen molar-refractivity contribution in [3.8, 4) is 0 Å². The van der Waals surface area contributed by atoms with Crippen molar-refractivity contribution in [2.45, 2.75) is 57.6 Å². The standard InChI is InChI=1S/C15H30N2O/c1-13-8-11-17(12-15(13)18-2)10-5-9-16-14-6-3-4-7-14/h13-16H,3-12H2,1-2H3. The maximum absolute atomic E-state index is 5.56. The quantitative estimate of drug-likeness (QED) is 0.736. The third-order valence-electron chi connectivity index (χ3n) is 4.72. The molecule has 0 aromatic rings. The molecule has 0 amide bonds. The normalized spacial score (nSPS) is 31.0. The smallest absolute Gasteiger partial charge is 0.0724 e. The van der Waals surface area contributed by atoms with Crippen LogP contribution in [0, 0.1) is 5.92 Å². The van der Waals surface area contributed by atoms with Gasteiger partial charge in [-0.1, -0.05) is 19.8 Å². The lowest BCUT2D eigenvalue weighted by molar-refractivity contribution is -0.00509. The van der Waals surface area contributed by atoms with Gasteiger partial charge < -0.3 is 15.0 Å². The summed E-state index contributed by atoms with van der Waals surface area (Å²) in [5.41, 5.74) is 0. The van der Waals surface area contributed by atoms with Crippen LogP contribution in [0.2, 0.25) is 0 Å². The first-order valence-electron chi connectivity index (χ1n) is 7.78. The van der Waals surface area contributed by atoms with E-state index in [0.29, 0.717) is 6.10 Å². The van der Waals surface area contributed by atoms with Crippen LogP contribution in [0.3, 0.4) is 0 Å². The van der Waals surface area contributed by atoms with E-state index in [0.717, 1.165) is 18.5 Å². The van der Waals surface area contributed by atoms with Crippen molar-refractivity contribution in [3.05, 3.63) is 0 Å². The molecule has 0 aromatic carbocycles. The lowest BCUT2D eigenvalue weighted by Crippen LogP contribution is -2.44. The zero-order valence-corrected chi connectivity index (χ0v) is 12.2. The van der Waals surface area contributed by atoms with E-state index in [-0.39, 0.29) is 0 Å². The van der Waals surface area contributed by atoms with Crippen LogP contribution in [0.25, 0.3) is 0 Å². The zero-order chi connectivity index (χ0) is 12.8. The van der Waals surface area contributed by atoms with Crippen molar-refractivity contribution < 1.29 is 4.74 Å². The van der Waals surface area contributed by atoms with Crippen molar-refractivity contribution >= 4 is 0 Å². The molecule has 2 fully saturated rings. The minimum Gasteiger partial charge on any atom is -0.380 e. The Balaban J connectivity index is 1.56. The van der Waals surface area contributed by atoms with Crippen LogP contribution in [0.5, 0.6) is 0 Å². The number of nitrogens with one attached hydrogen (secondary N) is 1. The zero-order valence-electron chi connectivity index (χ0n) is 12.2. The molecule has 2 atom stereocenters. The second kappa shape index (κ2) is 7.46. The molecule has 0 spiro atoms. The molecule has 3 nitrogen and oxygen atoms in total. The van der Waals surface area contributed by atoms with Crippen molar-refractivity contribution in [2.24, 2.45) is 5.92 Å². The van der Waals surface area contributed by atoms with Crippen molar-refractivity contribution in [2.75, 3.05) is 33.3 Å². The fraction of sp³-hybridized carbons (Fsp3) is 1.00. The Morgan fingerprint density at radius 1 is 1.22 bits per heavy atom. The predicted molar refractivity (Wildman–Crippen MR) is 75.9 cm³/mol. The highest BCUT2D eigenvalue weighted by Gasteiger charge is 2.25. The summed E-state index contributed by atoms with van der Waals surface area (Å²) >= 11 is 0. The topological polar surface area (TPSA) is 24.5 Å². The van der Waals surface area contributed by atoms with Crippen LogP contribution in [-0.4, -0.2) is 50.3 Å². The molecule has 0 aromatic heterocycles. The summed E-state index contributed by atoms with van der Waals surface area (Å²) in [7, 11) is 1.85. The third-order valence-corrected chi connectivity index (χ3v) is 4.72. The Hall–Kier alpha value is -0.120. The van der Waals surface area contributed by atoms with E-state index in [1.807, 2.05) is 7.11 Å². The number of likely N-dealkylation sites (tertiary alicyclic amines) is 1. The van der Waals surface area contributed by atoms with Crippen LogP contribution in [0.4, 0.5) is 0 Å². The molecule has 2 rings (SSSR count). The van der Waals surface area contributed by atoms with Gasteiger partial charge in [0.15, 0.2) is 0 Å². The lowest BCUT2D eigenvalue weighted by Gasteiger charge is -2.36. The summed E-state index contributed by atoms with van der Waals surface area (Å²) in [5.74, 6) is 0.725. The molecule has 1 heterocycles. The number of rotatable bonds is 6. The van der Waals surface area contributed by atoms with Crippen molar-refractivity contribution in [1.29, 1.82) is 0 Å². The van der Waals surface area contributed by atoms with Gasteiger partial charge >= 0.3 is 0 Å². The van der Waals surface area contributed by atoms with Crippen LogP contribution >= 0.6 is 0 Å². The van der Waals surface area contributed by atoms with Gasteiger partial charge in [-0.2, -0.15) is 0 Å². The monoisotopic (exact) mass is 254 g/mol. The summed E-state index contributed by atoms with van der Waals surface area (Å²) < 4.78 is 5.56. The number of methoxy groups -OCH3 is 1. The van der Waals surface area contributed by atoms with Gasteiger partial charge in [0.1, 0.15) is 0 Å². The van der Waals surface area contributed by atoms with Gasteiger partial charge in [0.05, 0.1) is 6.10 Å². The van der Waals surface area contributed by atoms with Gasteiger partial charge in [-0.3, -0.25) is 0 Å². The molecule has 1 aliphatic carbocycles. The second-order valence-corrected chi connectivity index (χ2v) is 6.13. The molecule has 106 valence electrons. The van der Waals surface area contributed by atoms with Crippen LogP contribution in [-0.2, 0) is 4.74 Å². The SMILES string of the molecule is COC1CN(CCCNC2CCCC2)CCC1C. The average molecular weight is 254 g/mol. The van der Waals surface area contributed by atoms with E-state index in [4.69, 9.17) is 4.74 Å². The first-order chi connectivity index (χ1) is 8.79. The number of piperidine rings is 1. The number of hydrogen-bond acceptors (Lipinski definition) is 3. The molecule has 1 saturated carbocycles. The van der Waals surface area contributed by atoms with E-state index in [1.165, 1.54) is 58.2 Å². The minimum atomic E-state index is 0.446.